The quantitative estimate of drug-likeness (QED) is 0.147. The van der Waals surface area contributed by atoms with Crippen LogP contribution in [0.4, 0.5) is 4.79 Å². The number of aryl methyl sites for hydroxylation is 6. The van der Waals surface area contributed by atoms with Gasteiger partial charge >= 0.3 is 6.09 Å². The predicted molar refractivity (Wildman–Crippen MR) is 287 cm³/mol. The Morgan fingerprint density at radius 1 is 0.577 bits per heavy atom. The fraction of sp³-hybridized carbons (Fsp3) is 0.373. The number of ether oxygens (including phenoxy) is 1. The highest BCUT2D eigenvalue weighted by molar-refractivity contribution is 7.89. The minimum atomic E-state index is -3.66. The summed E-state index contributed by atoms with van der Waals surface area (Å²) in [7, 11) is -7.26. The molecule has 3 N–H and O–H groups in total. The number of nitrogens with two attached hydrogens (primary N) is 1. The number of carbonyl (C=O) groups is 1. The zero-order chi connectivity index (χ0) is 52.0. The molecule has 71 heavy (non-hydrogen) atoms. The number of nitrogens with one attached hydrogen (secondary N) is 1. The van der Waals surface area contributed by atoms with Gasteiger partial charge in [-0.2, -0.15) is 8.61 Å². The normalized spacial score (nSPS) is 15.7. The molecule has 0 radical (unpaired) electrons. The van der Waals surface area contributed by atoms with Gasteiger partial charge in [0.2, 0.25) is 20.0 Å². The van der Waals surface area contributed by atoms with E-state index in [0.29, 0.717) is 49.1 Å². The Kier molecular flexibility index (Phi) is 15.1. The molecule has 2 aliphatic rings. The molecular formula is C59H72N4O6S2. The van der Waals surface area contributed by atoms with Gasteiger partial charge in [0, 0.05) is 50.1 Å². The molecule has 0 atom stereocenters. The van der Waals surface area contributed by atoms with Gasteiger partial charge in [-0.25, -0.2) is 21.6 Å². The minimum absolute atomic E-state index is 0.305. The molecule has 376 valence electrons. The van der Waals surface area contributed by atoms with E-state index in [1.165, 1.54) is 5.56 Å². The molecule has 0 fully saturated rings. The second kappa shape index (κ2) is 20.1. The number of alkyl carbamates (subject to hydrolysis) is 1. The number of hydrogen-bond acceptors (Lipinski definition) is 7. The van der Waals surface area contributed by atoms with E-state index in [2.05, 4.69) is 93.7 Å². The summed E-state index contributed by atoms with van der Waals surface area (Å²) in [6.45, 7) is 28.0. The maximum absolute atomic E-state index is 13.8. The molecular weight excluding hydrogens is 925 g/mol. The third kappa shape index (κ3) is 11.7. The number of rotatable bonds is 9. The second-order valence-electron chi connectivity index (χ2n) is 22.0. The lowest BCUT2D eigenvalue weighted by Gasteiger charge is -2.40. The Morgan fingerprint density at radius 3 is 1.41 bits per heavy atom. The summed E-state index contributed by atoms with van der Waals surface area (Å²) in [6, 6.07) is 36.8. The fourth-order valence-corrected chi connectivity index (χ4v) is 14.5. The van der Waals surface area contributed by atoms with Crippen LogP contribution < -0.4 is 11.1 Å². The van der Waals surface area contributed by atoms with E-state index >= 15 is 0 Å². The van der Waals surface area contributed by atoms with Crippen molar-refractivity contribution in [2.75, 3.05) is 13.1 Å². The average Bonchev–Trinajstić information content (AvgIpc) is 3.26. The summed E-state index contributed by atoms with van der Waals surface area (Å²) in [5.74, 6) is 0. The highest BCUT2D eigenvalue weighted by atomic mass is 32.2. The van der Waals surface area contributed by atoms with E-state index in [-0.39, 0.29) is 10.8 Å². The number of carbonyl (C=O) groups excluding carboxylic acids is 1. The molecule has 0 bridgehead atoms. The van der Waals surface area contributed by atoms with Crippen LogP contribution in [-0.2, 0) is 61.8 Å². The van der Waals surface area contributed by atoms with Crippen LogP contribution in [0.15, 0.2) is 119 Å². The molecule has 10 nitrogen and oxygen atoms in total. The maximum atomic E-state index is 13.8. The minimum Gasteiger partial charge on any atom is -0.444 e. The third-order valence-corrected chi connectivity index (χ3v) is 17.7. The van der Waals surface area contributed by atoms with Crippen LogP contribution >= 0.6 is 0 Å². The topological polar surface area (TPSA) is 139 Å². The standard InChI is InChI=1S/C32H40N2O4S.C27H32N2O2S/c1-21-14-22(2)29(23(3)15-21)39(36,37)34-19-27-13-12-26(17-28(27)32(7,8)20-34)25-11-9-10-24(16-25)18-33-30(35)38-31(4,5)6;1-18-12-19(2)26(20(3)13-18)32(30,31)29-16-24-11-10-23(14-25(24)27(4,5)17-29)22-8-6-21(15-28)7-9-22/h9-17H,18-20H2,1-8H3,(H,33,35);6-14H,15-17,28H2,1-5H3. The largest absolute Gasteiger partial charge is 0.444 e. The van der Waals surface area contributed by atoms with Gasteiger partial charge in [-0.3, -0.25) is 0 Å². The Morgan fingerprint density at radius 2 is 0.986 bits per heavy atom. The van der Waals surface area contributed by atoms with Gasteiger partial charge in [0.05, 0.1) is 9.79 Å². The molecule has 0 spiro atoms. The lowest BCUT2D eigenvalue weighted by molar-refractivity contribution is 0.0523. The molecule has 8 rings (SSSR count). The van der Waals surface area contributed by atoms with Crippen molar-refractivity contribution < 1.29 is 26.4 Å². The molecule has 6 aromatic carbocycles. The second-order valence-corrected chi connectivity index (χ2v) is 25.7. The third-order valence-electron chi connectivity index (χ3n) is 13.5. The smallest absolute Gasteiger partial charge is 0.407 e. The molecule has 0 saturated carbocycles. The highest BCUT2D eigenvalue weighted by Gasteiger charge is 2.40. The average molecular weight is 997 g/mol. The number of fused-ring (bicyclic) bond motifs is 2. The highest BCUT2D eigenvalue weighted by Crippen LogP contribution is 2.41. The van der Waals surface area contributed by atoms with Gasteiger partial charge in [-0.05, 0) is 146 Å². The first-order valence-corrected chi connectivity index (χ1v) is 27.3. The van der Waals surface area contributed by atoms with Crippen LogP contribution in [-0.4, -0.2) is 50.2 Å². The first kappa shape index (κ1) is 53.2. The van der Waals surface area contributed by atoms with Crippen LogP contribution in [0.2, 0.25) is 0 Å². The lowest BCUT2D eigenvalue weighted by Crippen LogP contribution is -2.45. The zero-order valence-corrected chi connectivity index (χ0v) is 45.5. The van der Waals surface area contributed by atoms with Crippen molar-refractivity contribution in [3.8, 4) is 22.3 Å². The number of amides is 1. The van der Waals surface area contributed by atoms with Crippen LogP contribution in [0.5, 0.6) is 0 Å². The first-order chi connectivity index (χ1) is 33.1. The maximum Gasteiger partial charge on any atom is 0.407 e. The molecule has 0 aromatic heterocycles. The monoisotopic (exact) mass is 996 g/mol. The summed E-state index contributed by atoms with van der Waals surface area (Å²) >= 11 is 0. The molecule has 12 heteroatoms. The lowest BCUT2D eigenvalue weighted by atomic mass is 9.78. The van der Waals surface area contributed by atoms with Crippen LogP contribution in [0.25, 0.3) is 22.3 Å². The summed E-state index contributed by atoms with van der Waals surface area (Å²) in [4.78, 5) is 12.9. The number of hydrogen-bond donors (Lipinski definition) is 2. The van der Waals surface area contributed by atoms with E-state index in [1.807, 2.05) is 111 Å². The van der Waals surface area contributed by atoms with Crippen molar-refractivity contribution >= 4 is 26.1 Å². The SMILES string of the molecule is Cc1cc(C)c(S(=O)(=O)N2Cc3ccc(-c4ccc(CN)cc4)cc3C(C)(C)C2)c(C)c1.Cc1cc(C)c(S(=O)(=O)N2Cc3ccc(-c4cccc(CNC(=O)OC(C)(C)C)c4)cc3C(C)(C)C2)c(C)c1. The van der Waals surface area contributed by atoms with E-state index in [9.17, 15) is 21.6 Å². The predicted octanol–water partition coefficient (Wildman–Crippen LogP) is 12.0. The van der Waals surface area contributed by atoms with Gasteiger partial charge < -0.3 is 15.8 Å². The number of nitrogens with zero attached hydrogens (tertiary/aromatic N) is 2. The summed E-state index contributed by atoms with van der Waals surface area (Å²) in [5, 5.41) is 2.82. The van der Waals surface area contributed by atoms with Gasteiger partial charge in [0.15, 0.2) is 0 Å². The van der Waals surface area contributed by atoms with Crippen molar-refractivity contribution in [1.82, 2.24) is 13.9 Å². The van der Waals surface area contributed by atoms with Crippen molar-refractivity contribution in [2.45, 2.75) is 142 Å². The molecule has 1 amide bonds. The van der Waals surface area contributed by atoms with Gasteiger partial charge in [-0.1, -0.05) is 142 Å². The van der Waals surface area contributed by atoms with Crippen LogP contribution in [0.1, 0.15) is 115 Å². The van der Waals surface area contributed by atoms with E-state index in [4.69, 9.17) is 10.5 Å². The molecule has 0 aliphatic carbocycles. The van der Waals surface area contributed by atoms with E-state index in [1.54, 1.807) is 8.61 Å². The van der Waals surface area contributed by atoms with E-state index < -0.39 is 31.7 Å². The van der Waals surface area contributed by atoms with Gasteiger partial charge in [0.1, 0.15) is 5.60 Å². The van der Waals surface area contributed by atoms with Gasteiger partial charge in [0.25, 0.3) is 0 Å². The van der Waals surface area contributed by atoms with Crippen LogP contribution in [0.3, 0.4) is 0 Å². The summed E-state index contributed by atoms with van der Waals surface area (Å²) < 4.78 is 63.7. The molecule has 0 saturated heterocycles. The summed E-state index contributed by atoms with van der Waals surface area (Å²) in [6.07, 6.45) is -0.445. The van der Waals surface area contributed by atoms with Gasteiger partial charge in [-0.15, -0.1) is 0 Å². The fourth-order valence-electron chi connectivity index (χ4n) is 10.5. The number of sulfonamides is 2. The Bertz CT molecular complexity index is 3180. The van der Waals surface area contributed by atoms with E-state index in [0.717, 1.165) is 83.5 Å². The van der Waals surface area contributed by atoms with Crippen molar-refractivity contribution in [3.63, 3.8) is 0 Å². The first-order valence-electron chi connectivity index (χ1n) is 24.4. The number of benzene rings is 6. The van der Waals surface area contributed by atoms with Crippen molar-refractivity contribution in [2.24, 2.45) is 5.73 Å². The Labute approximate surface area is 423 Å². The van der Waals surface area contributed by atoms with Crippen molar-refractivity contribution in [3.05, 3.63) is 176 Å². The van der Waals surface area contributed by atoms with Crippen LogP contribution in [0, 0.1) is 41.5 Å². The summed E-state index contributed by atoms with van der Waals surface area (Å²) in [5.41, 5.74) is 20.7. The molecule has 0 unspecified atom stereocenters. The molecule has 2 aliphatic heterocycles. The zero-order valence-electron chi connectivity index (χ0n) is 43.9. The molecule has 2 heterocycles. The van der Waals surface area contributed by atoms with Crippen molar-refractivity contribution in [1.29, 1.82) is 0 Å². The Hall–Kier alpha value is -5.63. The Balaban J connectivity index is 0.000000213. The molecule has 6 aromatic rings.